The van der Waals surface area contributed by atoms with Crippen molar-refractivity contribution < 1.29 is 33.1 Å². The van der Waals surface area contributed by atoms with Crippen molar-refractivity contribution in [1.82, 2.24) is 34.8 Å². The Balaban J connectivity index is 0.757. The number of nitrogens with zero attached hydrogens (tertiary/aromatic N) is 6. The average molecular weight is 861 g/mol. The first-order chi connectivity index (χ1) is 28.9. The fraction of sp³-hybridized carbons (Fsp3) is 0.405. The van der Waals surface area contributed by atoms with E-state index in [0.717, 1.165) is 61.3 Å². The zero-order chi connectivity index (χ0) is 42.2. The van der Waals surface area contributed by atoms with E-state index in [1.807, 2.05) is 10.9 Å². The van der Waals surface area contributed by atoms with Crippen molar-refractivity contribution in [2.45, 2.75) is 76.1 Å². The van der Waals surface area contributed by atoms with Crippen LogP contribution in [-0.2, 0) is 14.4 Å². The number of fused-ring (bicyclic) bond motifs is 1. The molecule has 2 aromatic carbocycles. The smallest absolute Gasteiger partial charge is 0.264 e. The monoisotopic (exact) mass is 859 g/mol. The molecular formula is C42H44Cl2FN9O6. The molecule has 0 aliphatic carbocycles. The predicted octanol–water partition coefficient (Wildman–Crippen LogP) is 5.64. The summed E-state index contributed by atoms with van der Waals surface area (Å²) in [5, 5.41) is 10.4. The Bertz CT molecular complexity index is 2360. The fourth-order valence-corrected chi connectivity index (χ4v) is 9.04. The molecule has 18 heteroatoms. The zero-order valence-corrected chi connectivity index (χ0v) is 34.3. The Kier molecular flexibility index (Phi) is 11.8. The molecule has 2 unspecified atom stereocenters. The zero-order valence-electron chi connectivity index (χ0n) is 32.8. The van der Waals surface area contributed by atoms with Crippen molar-refractivity contribution in [2.75, 3.05) is 43.8 Å². The number of amides is 5. The molecule has 0 saturated carbocycles. The molecule has 314 valence electrons. The maximum Gasteiger partial charge on any atom is 0.264 e. The van der Waals surface area contributed by atoms with Gasteiger partial charge in [0.05, 0.1) is 34.4 Å². The standard InChI is InChI=1S/C42H44Cl2FN9O6/c1-23(36-29(43)8-9-30(45)38(36)44)60-33-17-24(18-47-39(33)46)25-19-48-53(20-25)27-12-15-51(16-13-27)14-3-2-7-35(56)52-21-26(22-52)49-31-6-4-5-28-37(31)42(59)54(41(28)58)32-10-11-34(55)50-40(32)57/h4-6,8-9,17-20,23,26-27,32,49H,2-3,7,10-16,21-22H2,1H3,(H2,46,47)(H,50,55,57). The number of anilines is 2. The molecular weight excluding hydrogens is 816 g/mol. The molecule has 2 atom stereocenters. The second-order valence-corrected chi connectivity index (χ2v) is 16.5. The molecule has 4 aliphatic heterocycles. The number of nitrogen functional groups attached to an aromatic ring is 1. The molecule has 4 N–H and O–H groups in total. The number of hydrogen-bond acceptors (Lipinski definition) is 11. The molecule has 0 radical (unpaired) electrons. The summed E-state index contributed by atoms with van der Waals surface area (Å²) >= 11 is 12.5. The van der Waals surface area contributed by atoms with Crippen molar-refractivity contribution in [2.24, 2.45) is 0 Å². The third-order valence-electron chi connectivity index (χ3n) is 11.7. The number of halogens is 3. The summed E-state index contributed by atoms with van der Waals surface area (Å²) in [4.78, 5) is 73.1. The maximum absolute atomic E-state index is 14.1. The van der Waals surface area contributed by atoms with Gasteiger partial charge < -0.3 is 25.6 Å². The highest BCUT2D eigenvalue weighted by atomic mass is 35.5. The normalized spacial score (nSPS) is 19.3. The highest BCUT2D eigenvalue weighted by molar-refractivity contribution is 6.36. The van der Waals surface area contributed by atoms with Crippen LogP contribution < -0.4 is 21.1 Å². The number of benzene rings is 2. The maximum atomic E-state index is 14.1. The lowest BCUT2D eigenvalue weighted by molar-refractivity contribution is -0.136. The molecule has 6 heterocycles. The first kappa shape index (κ1) is 41.2. The molecule has 0 bridgehead atoms. The minimum absolute atomic E-state index is 0.0519. The quantitative estimate of drug-likeness (QED) is 0.0859. The number of imide groups is 2. The Hall–Kier alpha value is -5.58. The molecule has 0 spiro atoms. The van der Waals surface area contributed by atoms with Crippen LogP contribution in [0.25, 0.3) is 11.1 Å². The third-order valence-corrected chi connectivity index (χ3v) is 12.4. The lowest BCUT2D eigenvalue weighted by atomic mass is 10.0. The van der Waals surface area contributed by atoms with E-state index in [-0.39, 0.29) is 57.8 Å². The van der Waals surface area contributed by atoms with Crippen LogP contribution in [0.1, 0.15) is 90.3 Å². The van der Waals surface area contributed by atoms with Crippen LogP contribution in [0.15, 0.2) is 55.0 Å². The number of hydrogen-bond donors (Lipinski definition) is 3. The van der Waals surface area contributed by atoms with Gasteiger partial charge in [-0.05, 0) is 75.9 Å². The van der Waals surface area contributed by atoms with E-state index >= 15 is 0 Å². The summed E-state index contributed by atoms with van der Waals surface area (Å²) in [6, 6.07) is 8.49. The summed E-state index contributed by atoms with van der Waals surface area (Å²) in [6.07, 6.45) is 8.88. The van der Waals surface area contributed by atoms with Gasteiger partial charge in [0.2, 0.25) is 17.7 Å². The van der Waals surface area contributed by atoms with Gasteiger partial charge in [0, 0.05) is 78.8 Å². The summed E-state index contributed by atoms with van der Waals surface area (Å²) in [7, 11) is 0. The van der Waals surface area contributed by atoms with Gasteiger partial charge in [-0.2, -0.15) is 5.10 Å². The molecule has 2 aromatic heterocycles. The Morgan fingerprint density at radius 3 is 2.58 bits per heavy atom. The van der Waals surface area contributed by atoms with Gasteiger partial charge in [-0.25, -0.2) is 9.37 Å². The van der Waals surface area contributed by atoms with Gasteiger partial charge >= 0.3 is 0 Å². The number of nitrogens with two attached hydrogens (primary N) is 1. The number of carbonyl (C=O) groups excluding carboxylic acids is 5. The number of piperidine rings is 2. The molecule has 4 aliphatic rings. The largest absolute Gasteiger partial charge is 0.482 e. The minimum Gasteiger partial charge on any atom is -0.482 e. The number of nitrogens with one attached hydrogen (secondary N) is 2. The number of aromatic nitrogens is 3. The SMILES string of the molecule is CC(Oc1cc(-c2cnn(C3CCN(CCCCC(=O)N4CC(Nc5cccc6c5C(=O)N(C5CCC(=O)NC5=O)C6=O)C4)CC3)c2)cnc1N)c1c(Cl)ccc(F)c1Cl. The first-order valence-electron chi connectivity index (χ1n) is 20.1. The fourth-order valence-electron chi connectivity index (χ4n) is 8.36. The van der Waals surface area contributed by atoms with Gasteiger partial charge in [-0.3, -0.25) is 38.9 Å². The number of likely N-dealkylation sites (tertiary alicyclic amines) is 2. The molecule has 3 saturated heterocycles. The van der Waals surface area contributed by atoms with Crippen LogP contribution in [-0.4, -0.2) is 104 Å². The van der Waals surface area contributed by atoms with E-state index in [0.29, 0.717) is 36.5 Å². The number of pyridine rings is 1. The van der Waals surface area contributed by atoms with Gasteiger partial charge in [-0.1, -0.05) is 29.3 Å². The Morgan fingerprint density at radius 1 is 1.03 bits per heavy atom. The van der Waals surface area contributed by atoms with Crippen molar-refractivity contribution in [1.29, 1.82) is 0 Å². The number of unbranched alkanes of at least 4 members (excludes halogenated alkanes) is 1. The van der Waals surface area contributed by atoms with Crippen LogP contribution in [0.4, 0.5) is 15.9 Å². The molecule has 3 fully saturated rings. The topological polar surface area (TPSA) is 185 Å². The Morgan fingerprint density at radius 2 is 1.82 bits per heavy atom. The summed E-state index contributed by atoms with van der Waals surface area (Å²) in [6.45, 7) is 5.41. The van der Waals surface area contributed by atoms with Crippen LogP contribution in [0.2, 0.25) is 10.0 Å². The molecule has 60 heavy (non-hydrogen) atoms. The van der Waals surface area contributed by atoms with E-state index in [1.54, 1.807) is 48.5 Å². The summed E-state index contributed by atoms with van der Waals surface area (Å²) < 4.78 is 22.2. The van der Waals surface area contributed by atoms with Gasteiger partial charge in [-0.15, -0.1) is 0 Å². The second-order valence-electron chi connectivity index (χ2n) is 15.7. The summed E-state index contributed by atoms with van der Waals surface area (Å²) in [5.41, 5.74) is 8.98. The van der Waals surface area contributed by atoms with Crippen LogP contribution >= 0.6 is 23.2 Å². The molecule has 5 amide bonds. The van der Waals surface area contributed by atoms with Crippen molar-refractivity contribution in [3.8, 4) is 16.9 Å². The highest BCUT2D eigenvalue weighted by Crippen LogP contribution is 2.38. The molecule has 15 nitrogen and oxygen atoms in total. The van der Waals surface area contributed by atoms with Crippen molar-refractivity contribution in [3.05, 3.63) is 87.5 Å². The predicted molar refractivity (Wildman–Crippen MR) is 221 cm³/mol. The van der Waals surface area contributed by atoms with Crippen LogP contribution in [0.5, 0.6) is 5.75 Å². The first-order valence-corrected chi connectivity index (χ1v) is 20.8. The summed E-state index contributed by atoms with van der Waals surface area (Å²) in [5.74, 6) is -2.22. The number of rotatable bonds is 13. The van der Waals surface area contributed by atoms with Gasteiger partial charge in [0.25, 0.3) is 11.8 Å². The van der Waals surface area contributed by atoms with Crippen LogP contribution in [0.3, 0.4) is 0 Å². The van der Waals surface area contributed by atoms with Gasteiger partial charge in [0.15, 0.2) is 11.6 Å². The third kappa shape index (κ3) is 8.27. The van der Waals surface area contributed by atoms with Crippen molar-refractivity contribution >= 4 is 64.2 Å². The van der Waals surface area contributed by atoms with E-state index in [4.69, 9.17) is 33.7 Å². The van der Waals surface area contributed by atoms with E-state index < -0.39 is 41.6 Å². The van der Waals surface area contributed by atoms with E-state index in [1.165, 1.54) is 12.1 Å². The highest BCUT2D eigenvalue weighted by Gasteiger charge is 2.46. The van der Waals surface area contributed by atoms with Crippen molar-refractivity contribution in [3.63, 3.8) is 0 Å². The number of ether oxygens (including phenoxy) is 1. The van der Waals surface area contributed by atoms with Crippen LogP contribution in [0, 0.1) is 5.82 Å². The van der Waals surface area contributed by atoms with Gasteiger partial charge in [0.1, 0.15) is 18.0 Å². The van der Waals surface area contributed by atoms with E-state index in [9.17, 15) is 28.4 Å². The second kappa shape index (κ2) is 17.2. The number of carbonyl (C=O) groups is 5. The van der Waals surface area contributed by atoms with E-state index in [2.05, 4.69) is 25.6 Å². The lowest BCUT2D eigenvalue weighted by Crippen LogP contribution is -2.57. The molecule has 8 rings (SSSR count). The molecule has 4 aromatic rings. The lowest BCUT2D eigenvalue weighted by Gasteiger charge is -2.40. The minimum atomic E-state index is -1.03. The average Bonchev–Trinajstić information content (AvgIpc) is 3.80. The Labute approximate surface area is 355 Å².